The van der Waals surface area contributed by atoms with Crippen LogP contribution < -0.4 is 4.74 Å². The van der Waals surface area contributed by atoms with E-state index < -0.39 is 27.8 Å². The van der Waals surface area contributed by atoms with Crippen molar-refractivity contribution in [3.8, 4) is 5.75 Å². The van der Waals surface area contributed by atoms with Crippen LogP contribution >= 0.6 is 0 Å². The van der Waals surface area contributed by atoms with Gasteiger partial charge in [-0.2, -0.15) is 8.78 Å². The molecule has 0 saturated carbocycles. The Hall–Kier alpha value is -2.81. The largest absolute Gasteiger partial charge is 0.435 e. The van der Waals surface area contributed by atoms with Crippen molar-refractivity contribution in [2.45, 2.75) is 38.2 Å². The van der Waals surface area contributed by atoms with Gasteiger partial charge in [0.05, 0.1) is 6.54 Å². The van der Waals surface area contributed by atoms with E-state index >= 15 is 0 Å². The van der Waals surface area contributed by atoms with Crippen LogP contribution in [0.15, 0.2) is 59.6 Å². The second kappa shape index (κ2) is 9.34. The summed E-state index contributed by atoms with van der Waals surface area (Å²) >= 11 is 0. The Labute approximate surface area is 174 Å². The predicted molar refractivity (Wildman–Crippen MR) is 109 cm³/mol. The number of carbonyl (C=O) groups is 1. The quantitative estimate of drug-likeness (QED) is 0.628. The predicted octanol–water partition coefficient (Wildman–Crippen LogP) is 3.94. The molecule has 0 spiro atoms. The van der Waals surface area contributed by atoms with Gasteiger partial charge in [0.1, 0.15) is 11.5 Å². The van der Waals surface area contributed by atoms with Crippen molar-refractivity contribution in [1.29, 1.82) is 0 Å². The molecule has 1 amide bonds. The lowest BCUT2D eigenvalue weighted by Gasteiger charge is -2.15. The molecule has 3 rings (SSSR count). The monoisotopic (exact) mass is 436 g/mol. The molecule has 1 saturated heterocycles. The number of ether oxygens (including phenoxy) is 1. The first-order valence-corrected chi connectivity index (χ1v) is 11.0. The van der Waals surface area contributed by atoms with Gasteiger partial charge in [-0.05, 0) is 29.7 Å². The van der Waals surface area contributed by atoms with Gasteiger partial charge >= 0.3 is 6.61 Å². The standard InChI is InChI=1S/C21H22F2N2O4S/c1-2-3-13-25-20(26)18(19(30(25,27)28)16-7-5-4-6-8-16)24-14-15-9-11-17(12-10-15)29-21(22)23/h4-12,19,21H,2-3,13-14H2,1H3. The molecule has 0 N–H and O–H groups in total. The molecule has 9 heteroatoms. The van der Waals surface area contributed by atoms with Gasteiger partial charge in [-0.1, -0.05) is 55.8 Å². The summed E-state index contributed by atoms with van der Waals surface area (Å²) in [7, 11) is -3.93. The number of alkyl halides is 2. The fraction of sp³-hybridized carbons (Fsp3) is 0.333. The van der Waals surface area contributed by atoms with Gasteiger partial charge in [0, 0.05) is 6.54 Å². The Morgan fingerprint density at radius 2 is 1.77 bits per heavy atom. The smallest absolute Gasteiger partial charge is 0.387 e. The van der Waals surface area contributed by atoms with Gasteiger partial charge in [-0.15, -0.1) is 0 Å². The summed E-state index contributed by atoms with van der Waals surface area (Å²) in [6.07, 6.45) is 1.31. The Balaban J connectivity index is 1.92. The molecular formula is C21H22F2N2O4S. The van der Waals surface area contributed by atoms with Crippen LogP contribution in [0.2, 0.25) is 0 Å². The molecule has 1 unspecified atom stereocenters. The highest BCUT2D eigenvalue weighted by Crippen LogP contribution is 2.35. The third kappa shape index (κ3) is 4.67. The fourth-order valence-corrected chi connectivity index (χ4v) is 5.14. The van der Waals surface area contributed by atoms with Crippen molar-refractivity contribution in [2.75, 3.05) is 6.54 Å². The lowest BCUT2D eigenvalue weighted by Crippen LogP contribution is -2.32. The van der Waals surface area contributed by atoms with E-state index in [0.717, 1.165) is 10.7 Å². The molecule has 30 heavy (non-hydrogen) atoms. The number of benzene rings is 2. The molecule has 160 valence electrons. The maximum atomic E-state index is 13.1. The molecule has 0 aromatic heterocycles. The first-order chi connectivity index (χ1) is 14.3. The molecule has 2 aromatic rings. The van der Waals surface area contributed by atoms with Crippen molar-refractivity contribution < 1.29 is 26.7 Å². The number of aliphatic imine (C=N–C) groups is 1. The zero-order valence-electron chi connectivity index (χ0n) is 16.4. The summed E-state index contributed by atoms with van der Waals surface area (Å²) < 4.78 is 56.0. The summed E-state index contributed by atoms with van der Waals surface area (Å²) in [4.78, 5) is 17.3. The summed E-state index contributed by atoms with van der Waals surface area (Å²) in [5.74, 6) is -0.608. The van der Waals surface area contributed by atoms with Crippen molar-refractivity contribution in [3.63, 3.8) is 0 Å². The van der Waals surface area contributed by atoms with E-state index in [-0.39, 0.29) is 24.6 Å². The molecule has 6 nitrogen and oxygen atoms in total. The highest BCUT2D eigenvalue weighted by Gasteiger charge is 2.50. The van der Waals surface area contributed by atoms with Crippen LogP contribution in [0.5, 0.6) is 5.75 Å². The van der Waals surface area contributed by atoms with Crippen LogP contribution in [-0.4, -0.2) is 37.5 Å². The average Bonchev–Trinajstić information content (AvgIpc) is 2.90. The second-order valence-corrected chi connectivity index (χ2v) is 8.73. The van der Waals surface area contributed by atoms with E-state index in [0.29, 0.717) is 17.5 Å². The number of nitrogens with zero attached hydrogens (tertiary/aromatic N) is 2. The third-order valence-corrected chi connectivity index (χ3v) is 6.75. The lowest BCUT2D eigenvalue weighted by atomic mass is 10.1. The first-order valence-electron chi connectivity index (χ1n) is 9.53. The number of rotatable bonds is 8. The Bertz CT molecular complexity index is 1010. The Kier molecular flexibility index (Phi) is 6.81. The zero-order chi connectivity index (χ0) is 21.7. The van der Waals surface area contributed by atoms with E-state index in [1.54, 1.807) is 42.5 Å². The van der Waals surface area contributed by atoms with Gasteiger partial charge in [0.25, 0.3) is 15.9 Å². The van der Waals surface area contributed by atoms with E-state index in [4.69, 9.17) is 0 Å². The maximum absolute atomic E-state index is 13.1. The summed E-state index contributed by atoms with van der Waals surface area (Å²) in [6.45, 7) is -0.854. The summed E-state index contributed by atoms with van der Waals surface area (Å²) in [5.41, 5.74) is 1.07. The van der Waals surface area contributed by atoms with Crippen molar-refractivity contribution in [3.05, 3.63) is 65.7 Å². The number of amides is 1. The van der Waals surface area contributed by atoms with Crippen molar-refractivity contribution >= 4 is 21.6 Å². The van der Waals surface area contributed by atoms with Crippen LogP contribution in [0, 0.1) is 0 Å². The van der Waals surface area contributed by atoms with Gasteiger partial charge < -0.3 is 4.74 Å². The molecular weight excluding hydrogens is 414 g/mol. The van der Waals surface area contributed by atoms with E-state index in [2.05, 4.69) is 9.73 Å². The average molecular weight is 436 g/mol. The SMILES string of the molecule is CCCCN1C(=O)C(=NCc2ccc(OC(F)F)cc2)C(c2ccccc2)S1(=O)=O. The molecule has 0 bridgehead atoms. The van der Waals surface area contributed by atoms with Crippen LogP contribution in [-0.2, 0) is 21.4 Å². The van der Waals surface area contributed by atoms with Gasteiger partial charge in [0.2, 0.25) is 0 Å². The zero-order valence-corrected chi connectivity index (χ0v) is 17.2. The topological polar surface area (TPSA) is 76.0 Å². The minimum atomic E-state index is -3.93. The maximum Gasteiger partial charge on any atom is 0.387 e. The molecule has 1 heterocycles. The van der Waals surface area contributed by atoms with Crippen molar-refractivity contribution in [2.24, 2.45) is 4.99 Å². The second-order valence-electron chi connectivity index (χ2n) is 6.79. The number of hydrogen-bond acceptors (Lipinski definition) is 5. The number of unbranched alkanes of at least 4 members (excludes halogenated alkanes) is 1. The van der Waals surface area contributed by atoms with Gasteiger partial charge in [-0.25, -0.2) is 12.7 Å². The molecule has 1 atom stereocenters. The van der Waals surface area contributed by atoms with Gasteiger partial charge in [0.15, 0.2) is 5.25 Å². The third-order valence-electron chi connectivity index (χ3n) is 4.70. The van der Waals surface area contributed by atoms with Crippen LogP contribution in [0.1, 0.15) is 36.1 Å². The minimum absolute atomic E-state index is 0.00817. The van der Waals surface area contributed by atoms with E-state index in [9.17, 15) is 22.0 Å². The number of halogens is 2. The Morgan fingerprint density at radius 3 is 2.37 bits per heavy atom. The normalized spacial score (nSPS) is 19.6. The Morgan fingerprint density at radius 1 is 1.10 bits per heavy atom. The van der Waals surface area contributed by atoms with Crippen LogP contribution in [0.4, 0.5) is 8.78 Å². The van der Waals surface area contributed by atoms with Crippen LogP contribution in [0.25, 0.3) is 0 Å². The fourth-order valence-electron chi connectivity index (χ4n) is 3.22. The molecule has 2 aromatic carbocycles. The summed E-state index contributed by atoms with van der Waals surface area (Å²) in [5, 5.41) is -1.16. The first kappa shape index (κ1) is 21.9. The number of sulfonamides is 1. The van der Waals surface area contributed by atoms with Crippen molar-refractivity contribution in [1.82, 2.24) is 4.31 Å². The molecule has 1 aliphatic heterocycles. The van der Waals surface area contributed by atoms with E-state index in [1.807, 2.05) is 6.92 Å². The van der Waals surface area contributed by atoms with E-state index in [1.165, 1.54) is 12.1 Å². The number of carbonyl (C=O) groups excluding carboxylic acids is 1. The lowest BCUT2D eigenvalue weighted by molar-refractivity contribution is -0.119. The highest BCUT2D eigenvalue weighted by atomic mass is 32.2. The minimum Gasteiger partial charge on any atom is -0.435 e. The number of hydrogen-bond donors (Lipinski definition) is 0. The van der Waals surface area contributed by atoms with Crippen LogP contribution in [0.3, 0.4) is 0 Å². The summed E-state index contributed by atoms with van der Waals surface area (Å²) in [6, 6.07) is 14.3. The molecule has 1 aliphatic rings. The molecule has 0 radical (unpaired) electrons. The van der Waals surface area contributed by atoms with Gasteiger partial charge in [-0.3, -0.25) is 9.79 Å². The molecule has 1 fully saturated rings. The highest BCUT2D eigenvalue weighted by molar-refractivity contribution is 7.91. The molecule has 0 aliphatic carbocycles.